The van der Waals surface area contributed by atoms with Gasteiger partial charge in [-0.05, 0) is 90.3 Å². The number of hydrogen-bond acceptors (Lipinski definition) is 10. The van der Waals surface area contributed by atoms with Gasteiger partial charge in [-0.25, -0.2) is 24.4 Å². The number of halogens is 3. The van der Waals surface area contributed by atoms with E-state index >= 15 is 0 Å². The van der Waals surface area contributed by atoms with E-state index in [9.17, 15) is 27.6 Å². The van der Waals surface area contributed by atoms with Crippen LogP contribution in [-0.4, -0.2) is 60.3 Å². The van der Waals surface area contributed by atoms with Gasteiger partial charge < -0.3 is 23.9 Å². The molecule has 278 valence electrons. The SMILES string of the molecule is CC(C)(C)OC(=O)N(C(=O)OC(C)(C)C)c1ncnc2c1c(-c1ccc(NC(=O)Nc3cc(C4(C(F)(F)F)CC4)no3)c3cnccc13)cn2C1CC1. The highest BCUT2D eigenvalue weighted by Gasteiger charge is 2.66. The van der Waals surface area contributed by atoms with E-state index in [1.54, 1.807) is 72.1 Å². The fourth-order valence-corrected chi connectivity index (χ4v) is 6.11. The molecule has 1 aromatic carbocycles. The lowest BCUT2D eigenvalue weighted by atomic mass is 9.98. The number of carbonyl (C=O) groups excluding carboxylic acids is 3. The predicted octanol–water partition coefficient (Wildman–Crippen LogP) is 8.88. The maximum Gasteiger partial charge on any atom is 0.425 e. The van der Waals surface area contributed by atoms with Gasteiger partial charge in [0.25, 0.3) is 0 Å². The van der Waals surface area contributed by atoms with Crippen molar-refractivity contribution in [2.24, 2.45) is 0 Å². The Bertz CT molecular complexity index is 2230. The lowest BCUT2D eigenvalue weighted by molar-refractivity contribution is -0.161. The average molecular weight is 735 g/mol. The topological polar surface area (TPSA) is 167 Å². The summed E-state index contributed by atoms with van der Waals surface area (Å²) in [6.07, 6.45) is 1.43. The van der Waals surface area contributed by atoms with Crippen LogP contribution < -0.4 is 15.5 Å². The highest BCUT2D eigenvalue weighted by Crippen LogP contribution is 2.58. The van der Waals surface area contributed by atoms with Gasteiger partial charge in [-0.15, -0.1) is 0 Å². The summed E-state index contributed by atoms with van der Waals surface area (Å²) >= 11 is 0. The number of pyridine rings is 1. The van der Waals surface area contributed by atoms with Gasteiger partial charge in [0.1, 0.15) is 34.3 Å². The van der Waals surface area contributed by atoms with Gasteiger partial charge in [0.05, 0.1) is 11.1 Å². The molecule has 2 saturated carbocycles. The summed E-state index contributed by atoms with van der Waals surface area (Å²) in [7, 11) is 0. The Morgan fingerprint density at radius 2 is 1.60 bits per heavy atom. The third-order valence-corrected chi connectivity index (χ3v) is 8.78. The molecule has 0 aliphatic heterocycles. The van der Waals surface area contributed by atoms with Crippen LogP contribution in [0.5, 0.6) is 0 Å². The minimum absolute atomic E-state index is 0.0402. The highest BCUT2D eigenvalue weighted by molar-refractivity contribution is 6.18. The number of aromatic nitrogens is 5. The quantitative estimate of drug-likeness (QED) is 0.172. The smallest absolute Gasteiger partial charge is 0.425 e. The van der Waals surface area contributed by atoms with E-state index in [1.165, 1.54) is 6.33 Å². The second-order valence-corrected chi connectivity index (χ2v) is 15.2. The molecule has 0 unspecified atom stereocenters. The van der Waals surface area contributed by atoms with E-state index in [0.717, 1.165) is 23.8 Å². The summed E-state index contributed by atoms with van der Waals surface area (Å²) in [6, 6.07) is 5.55. The Hall–Kier alpha value is -5.74. The van der Waals surface area contributed by atoms with Crippen LogP contribution in [0.1, 0.15) is 79.0 Å². The van der Waals surface area contributed by atoms with Crippen LogP contribution in [0, 0.1) is 0 Å². The Kier molecular flexibility index (Phi) is 8.37. The van der Waals surface area contributed by atoms with Crippen LogP contribution in [-0.2, 0) is 14.9 Å². The van der Waals surface area contributed by atoms with E-state index in [4.69, 9.17) is 14.0 Å². The summed E-state index contributed by atoms with van der Waals surface area (Å²) < 4.78 is 59.1. The van der Waals surface area contributed by atoms with Crippen molar-refractivity contribution >= 4 is 57.4 Å². The van der Waals surface area contributed by atoms with Gasteiger partial charge in [0.15, 0.2) is 5.82 Å². The molecule has 0 radical (unpaired) electrons. The molecule has 14 nitrogen and oxygen atoms in total. The second kappa shape index (κ2) is 12.4. The van der Waals surface area contributed by atoms with E-state index in [0.29, 0.717) is 38.6 Å². The minimum atomic E-state index is -4.49. The third-order valence-electron chi connectivity index (χ3n) is 8.78. The normalized spacial score (nSPS) is 15.6. The summed E-state index contributed by atoms with van der Waals surface area (Å²) in [5.74, 6) is -0.284. The van der Waals surface area contributed by atoms with Crippen molar-refractivity contribution in [3.8, 4) is 11.1 Å². The predicted molar refractivity (Wildman–Crippen MR) is 188 cm³/mol. The van der Waals surface area contributed by atoms with Crippen LogP contribution in [0.2, 0.25) is 0 Å². The standard InChI is InChI=1S/C36H37F3N8O6/c1-33(2,3)51-31(49)47(32(50)52-34(4,5)6)29-27-23(17-46(19-7-8-19)28(27)41-18-42-29)20-9-10-24(22-16-40-14-11-21(20)22)43-30(48)44-26-15-25(45-53-26)35(12-13-35)36(37,38)39/h9-11,14-19H,7-8,12-13H2,1-6H3,(H2,43,44,48). The number of anilines is 3. The average Bonchev–Trinajstić information content (AvgIpc) is 3.98. The van der Waals surface area contributed by atoms with Crippen molar-refractivity contribution in [1.29, 1.82) is 0 Å². The van der Waals surface area contributed by atoms with Crippen molar-refractivity contribution in [2.75, 3.05) is 15.5 Å². The monoisotopic (exact) mass is 734 g/mol. The van der Waals surface area contributed by atoms with Crippen molar-refractivity contribution in [3.05, 3.63) is 54.9 Å². The minimum Gasteiger partial charge on any atom is -0.443 e. The Balaban J connectivity index is 1.28. The molecule has 0 spiro atoms. The van der Waals surface area contributed by atoms with Crippen LogP contribution in [0.4, 0.5) is 44.9 Å². The van der Waals surface area contributed by atoms with Crippen molar-refractivity contribution in [1.82, 2.24) is 24.7 Å². The first-order valence-corrected chi connectivity index (χ1v) is 17.0. The molecule has 2 N–H and O–H groups in total. The van der Waals surface area contributed by atoms with E-state index in [2.05, 4.69) is 30.7 Å². The van der Waals surface area contributed by atoms with Crippen molar-refractivity contribution in [2.45, 2.75) is 96.1 Å². The van der Waals surface area contributed by atoms with E-state index in [1.807, 2.05) is 10.8 Å². The van der Waals surface area contributed by atoms with E-state index < -0.39 is 41.0 Å². The fraction of sp³-hybridized carbons (Fsp3) is 0.417. The number of urea groups is 1. The summed E-state index contributed by atoms with van der Waals surface area (Å²) in [6.45, 7) is 10.1. The lowest BCUT2D eigenvalue weighted by Crippen LogP contribution is -2.44. The maximum atomic E-state index is 13.7. The number of benzene rings is 1. The van der Waals surface area contributed by atoms with Crippen LogP contribution in [0.15, 0.2) is 53.7 Å². The molecular weight excluding hydrogens is 697 g/mol. The van der Waals surface area contributed by atoms with E-state index in [-0.39, 0.29) is 36.3 Å². The van der Waals surface area contributed by atoms with Crippen molar-refractivity contribution < 1.29 is 41.6 Å². The molecule has 4 aromatic heterocycles. The first-order chi connectivity index (χ1) is 24.8. The zero-order chi connectivity index (χ0) is 38.1. The number of carbonyl (C=O) groups is 3. The summed E-state index contributed by atoms with van der Waals surface area (Å²) in [5, 5.41) is 10.2. The van der Waals surface area contributed by atoms with Crippen LogP contribution >= 0.6 is 0 Å². The number of nitrogens with one attached hydrogen (secondary N) is 2. The largest absolute Gasteiger partial charge is 0.443 e. The summed E-state index contributed by atoms with van der Waals surface area (Å²) in [5.41, 5.74) is -2.22. The Morgan fingerprint density at radius 1 is 0.925 bits per heavy atom. The number of fused-ring (bicyclic) bond motifs is 2. The highest BCUT2D eigenvalue weighted by atomic mass is 19.4. The molecule has 4 heterocycles. The zero-order valence-electron chi connectivity index (χ0n) is 29.8. The molecule has 4 amide bonds. The molecule has 0 atom stereocenters. The maximum absolute atomic E-state index is 13.7. The lowest BCUT2D eigenvalue weighted by Gasteiger charge is -2.28. The van der Waals surface area contributed by atoms with Gasteiger partial charge in [-0.3, -0.25) is 10.3 Å². The van der Waals surface area contributed by atoms with Crippen molar-refractivity contribution in [3.63, 3.8) is 0 Å². The second-order valence-electron chi connectivity index (χ2n) is 15.2. The zero-order valence-corrected chi connectivity index (χ0v) is 29.8. The Morgan fingerprint density at radius 3 is 2.21 bits per heavy atom. The molecule has 2 aliphatic carbocycles. The number of amides is 4. The molecule has 53 heavy (non-hydrogen) atoms. The number of nitrogens with zero attached hydrogens (tertiary/aromatic N) is 6. The number of hydrogen-bond donors (Lipinski definition) is 2. The number of alkyl halides is 3. The van der Waals surface area contributed by atoms with Gasteiger partial charge in [0.2, 0.25) is 5.88 Å². The molecule has 5 aromatic rings. The van der Waals surface area contributed by atoms with Gasteiger partial charge >= 0.3 is 24.4 Å². The van der Waals surface area contributed by atoms with Gasteiger partial charge in [-0.2, -0.15) is 18.1 Å². The molecular formula is C36H37F3N8O6. The van der Waals surface area contributed by atoms with Gasteiger partial charge in [0, 0.05) is 41.6 Å². The molecule has 17 heteroatoms. The third kappa shape index (κ3) is 6.94. The van der Waals surface area contributed by atoms with Crippen LogP contribution in [0.3, 0.4) is 0 Å². The molecule has 7 rings (SSSR count). The first kappa shape index (κ1) is 35.7. The van der Waals surface area contributed by atoms with Crippen LogP contribution in [0.25, 0.3) is 32.9 Å². The number of rotatable bonds is 6. The van der Waals surface area contributed by atoms with Gasteiger partial charge in [-0.1, -0.05) is 11.2 Å². The molecule has 0 saturated heterocycles. The number of imide groups is 1. The fourth-order valence-electron chi connectivity index (χ4n) is 6.11. The number of ether oxygens (including phenoxy) is 2. The molecule has 2 aliphatic rings. The molecule has 0 bridgehead atoms. The first-order valence-electron chi connectivity index (χ1n) is 17.0. The summed E-state index contributed by atoms with van der Waals surface area (Å²) in [4.78, 5) is 54.6. The molecule has 2 fully saturated rings. The Labute approximate surface area is 301 Å².